The Labute approximate surface area is 163 Å². The number of ketones is 1. The summed E-state index contributed by atoms with van der Waals surface area (Å²) >= 11 is 0. The zero-order chi connectivity index (χ0) is 20.2. The van der Waals surface area contributed by atoms with Crippen molar-refractivity contribution in [2.24, 2.45) is 0 Å². The van der Waals surface area contributed by atoms with Crippen LogP contribution in [0.3, 0.4) is 0 Å². The van der Waals surface area contributed by atoms with Crippen LogP contribution in [0, 0.1) is 22.7 Å². The van der Waals surface area contributed by atoms with Crippen LogP contribution in [-0.2, 0) is 18.1 Å². The minimum atomic E-state index is -4.20. The van der Waals surface area contributed by atoms with Crippen molar-refractivity contribution in [2.45, 2.75) is 18.9 Å². The van der Waals surface area contributed by atoms with Crippen LogP contribution in [0.15, 0.2) is 60.7 Å². The van der Waals surface area contributed by atoms with Gasteiger partial charge in [0, 0.05) is 5.56 Å². The number of rotatable bonds is 11. The first-order chi connectivity index (χ1) is 13.6. The number of benzene rings is 2. The molecule has 8 heteroatoms. The third kappa shape index (κ3) is 6.42. The van der Waals surface area contributed by atoms with Crippen molar-refractivity contribution in [3.05, 3.63) is 71.8 Å². The van der Waals surface area contributed by atoms with Gasteiger partial charge in [-0.2, -0.15) is 10.5 Å². The van der Waals surface area contributed by atoms with Crippen molar-refractivity contribution < 1.29 is 22.9 Å². The predicted molar refractivity (Wildman–Crippen MR) is 101 cm³/mol. The van der Waals surface area contributed by atoms with Gasteiger partial charge in [0.2, 0.25) is 0 Å². The second-order valence-electron chi connectivity index (χ2n) is 5.56. The van der Waals surface area contributed by atoms with Gasteiger partial charge in [0.1, 0.15) is 0 Å². The molecule has 0 aromatic heterocycles. The Morgan fingerprint density at radius 1 is 0.893 bits per heavy atom. The number of hydrogen-bond donors (Lipinski definition) is 0. The Kier molecular flexibility index (Phi) is 8.55. The van der Waals surface area contributed by atoms with Gasteiger partial charge < -0.3 is 0 Å². The normalized spacial score (nSPS) is 11.9. The van der Waals surface area contributed by atoms with Gasteiger partial charge in [0.15, 0.2) is 11.9 Å². The molecular formula is C20H19N2O5P. The topological polar surface area (TPSA) is 109 Å². The van der Waals surface area contributed by atoms with E-state index in [1.165, 1.54) is 0 Å². The molecule has 0 radical (unpaired) electrons. The standard InChI is InChI=1S/C20H19N2O5P/c21-13-7-15-25-28(24,26-16-8-14-22)27-20(18-11-5-2-6-12-18)19(23)17-9-3-1-4-10-17/h1-6,9-12,20H,7-8,15-16H2. The van der Waals surface area contributed by atoms with Crippen LogP contribution in [0.2, 0.25) is 0 Å². The summed E-state index contributed by atoms with van der Waals surface area (Å²) in [7, 11) is -4.20. The average molecular weight is 398 g/mol. The van der Waals surface area contributed by atoms with Crippen LogP contribution >= 0.6 is 7.82 Å². The van der Waals surface area contributed by atoms with Crippen LogP contribution < -0.4 is 0 Å². The highest BCUT2D eigenvalue weighted by molar-refractivity contribution is 7.48. The Morgan fingerprint density at radius 3 is 1.89 bits per heavy atom. The molecule has 0 aliphatic rings. The maximum absolute atomic E-state index is 13.0. The number of carbonyl (C=O) groups excluding carboxylic acids is 1. The molecule has 0 aliphatic heterocycles. The quantitative estimate of drug-likeness (QED) is 0.309. The zero-order valence-electron chi connectivity index (χ0n) is 15.1. The minimum absolute atomic E-state index is 0.0302. The Morgan fingerprint density at radius 2 is 1.39 bits per heavy atom. The van der Waals surface area contributed by atoms with E-state index < -0.39 is 19.7 Å². The van der Waals surface area contributed by atoms with E-state index >= 15 is 0 Å². The molecular weight excluding hydrogens is 379 g/mol. The van der Waals surface area contributed by atoms with Crippen LogP contribution in [0.5, 0.6) is 0 Å². The summed E-state index contributed by atoms with van der Waals surface area (Å²) < 4.78 is 29.0. The smallest absolute Gasteiger partial charge is 0.291 e. The molecule has 2 rings (SSSR count). The SMILES string of the molecule is N#CCCOP(=O)(OCCC#N)OC(C(=O)c1ccccc1)c1ccccc1. The first kappa shape index (κ1) is 21.5. The molecule has 2 aromatic carbocycles. The van der Waals surface area contributed by atoms with Crippen molar-refractivity contribution in [1.29, 1.82) is 10.5 Å². The van der Waals surface area contributed by atoms with E-state index in [0.717, 1.165) is 0 Å². The molecule has 0 bridgehead atoms. The maximum Gasteiger partial charge on any atom is 0.475 e. The van der Waals surface area contributed by atoms with E-state index in [2.05, 4.69) is 0 Å². The van der Waals surface area contributed by atoms with Crippen molar-refractivity contribution in [1.82, 2.24) is 0 Å². The second kappa shape index (κ2) is 11.1. The van der Waals surface area contributed by atoms with Gasteiger partial charge in [-0.15, -0.1) is 0 Å². The van der Waals surface area contributed by atoms with E-state index in [0.29, 0.717) is 11.1 Å². The van der Waals surface area contributed by atoms with Gasteiger partial charge in [-0.1, -0.05) is 60.7 Å². The zero-order valence-corrected chi connectivity index (χ0v) is 16.0. The lowest BCUT2D eigenvalue weighted by atomic mass is 10.0. The van der Waals surface area contributed by atoms with Gasteiger partial charge in [0.25, 0.3) is 0 Å². The predicted octanol–water partition coefficient (Wildman–Crippen LogP) is 4.60. The van der Waals surface area contributed by atoms with Crippen LogP contribution in [0.1, 0.15) is 34.9 Å². The molecule has 0 spiro atoms. The fourth-order valence-electron chi connectivity index (χ4n) is 2.28. The molecule has 144 valence electrons. The van der Waals surface area contributed by atoms with Crippen molar-refractivity contribution >= 4 is 13.6 Å². The van der Waals surface area contributed by atoms with Gasteiger partial charge in [-0.3, -0.25) is 18.4 Å². The number of Topliss-reactive ketones (excluding diaryl/α,β-unsaturated/α-hetero) is 1. The summed E-state index contributed by atoms with van der Waals surface area (Å²) in [5, 5.41) is 17.4. The van der Waals surface area contributed by atoms with Crippen molar-refractivity contribution in [3.63, 3.8) is 0 Å². The molecule has 0 fully saturated rings. The number of phosphoric acid groups is 1. The van der Waals surface area contributed by atoms with Gasteiger partial charge >= 0.3 is 7.82 Å². The molecule has 1 atom stereocenters. The highest BCUT2D eigenvalue weighted by Gasteiger charge is 2.35. The third-order valence-corrected chi connectivity index (χ3v) is 5.03. The highest BCUT2D eigenvalue weighted by Crippen LogP contribution is 2.53. The van der Waals surface area contributed by atoms with Crippen LogP contribution in [-0.4, -0.2) is 19.0 Å². The summed E-state index contributed by atoms with van der Waals surface area (Å²) in [4.78, 5) is 13.0. The first-order valence-corrected chi connectivity index (χ1v) is 10.0. The van der Waals surface area contributed by atoms with Gasteiger partial charge in [0.05, 0.1) is 38.2 Å². The lowest BCUT2D eigenvalue weighted by molar-refractivity contribution is 0.0581. The second-order valence-corrected chi connectivity index (χ2v) is 7.18. The van der Waals surface area contributed by atoms with Crippen LogP contribution in [0.4, 0.5) is 0 Å². The number of nitrogens with zero attached hydrogens (tertiary/aromatic N) is 2. The molecule has 0 N–H and O–H groups in total. The molecule has 1 unspecified atom stereocenters. The summed E-state index contributed by atoms with van der Waals surface area (Å²) in [5.41, 5.74) is 0.848. The van der Waals surface area contributed by atoms with Crippen molar-refractivity contribution in [2.75, 3.05) is 13.2 Å². The van der Waals surface area contributed by atoms with E-state index in [4.69, 9.17) is 24.1 Å². The number of hydrogen-bond acceptors (Lipinski definition) is 7. The summed E-state index contributed by atoms with van der Waals surface area (Å²) in [6.45, 7) is -0.386. The number of nitriles is 2. The number of carbonyl (C=O) groups is 1. The maximum atomic E-state index is 13.0. The fraction of sp³-hybridized carbons (Fsp3) is 0.250. The van der Waals surface area contributed by atoms with E-state index in [1.807, 2.05) is 12.1 Å². The summed E-state index contributed by atoms with van der Waals surface area (Å²) in [5.74, 6) is -0.417. The fourth-order valence-corrected chi connectivity index (χ4v) is 3.58. The average Bonchev–Trinajstić information content (AvgIpc) is 2.73. The van der Waals surface area contributed by atoms with E-state index in [1.54, 1.807) is 60.7 Å². The molecule has 7 nitrogen and oxygen atoms in total. The highest BCUT2D eigenvalue weighted by atomic mass is 31.2. The molecule has 0 amide bonds. The molecule has 0 saturated heterocycles. The summed E-state index contributed by atoms with van der Waals surface area (Å²) in [6.07, 6.45) is -1.30. The largest absolute Gasteiger partial charge is 0.475 e. The Bertz CT molecular complexity index is 866. The molecule has 0 aliphatic carbocycles. The van der Waals surface area contributed by atoms with E-state index in [-0.39, 0.29) is 26.1 Å². The Hall–Kier alpha value is -2.80. The molecule has 28 heavy (non-hydrogen) atoms. The third-order valence-electron chi connectivity index (χ3n) is 3.56. The van der Waals surface area contributed by atoms with E-state index in [9.17, 15) is 9.36 Å². The molecule has 0 saturated carbocycles. The monoisotopic (exact) mass is 398 g/mol. The van der Waals surface area contributed by atoms with Gasteiger partial charge in [-0.25, -0.2) is 4.57 Å². The lowest BCUT2D eigenvalue weighted by Crippen LogP contribution is -2.17. The number of phosphoric ester groups is 1. The van der Waals surface area contributed by atoms with Gasteiger partial charge in [-0.05, 0) is 5.56 Å². The first-order valence-electron chi connectivity index (χ1n) is 8.55. The summed E-state index contributed by atoms with van der Waals surface area (Å²) in [6, 6.07) is 20.7. The minimum Gasteiger partial charge on any atom is -0.291 e. The van der Waals surface area contributed by atoms with Crippen molar-refractivity contribution in [3.8, 4) is 12.1 Å². The Balaban J connectivity index is 2.32. The molecule has 2 aromatic rings. The lowest BCUT2D eigenvalue weighted by Gasteiger charge is -2.23. The molecule has 0 heterocycles. The van der Waals surface area contributed by atoms with Crippen LogP contribution in [0.25, 0.3) is 0 Å².